The van der Waals surface area contributed by atoms with E-state index in [-0.39, 0.29) is 5.91 Å². The molecular formula is C12H24N2O2. The third kappa shape index (κ3) is 4.49. The Hall–Kier alpha value is -0.610. The highest BCUT2D eigenvalue weighted by Crippen LogP contribution is 2.48. The number of nitrogens with zero attached hydrogens (tertiary/aromatic N) is 1. The second-order valence-corrected chi connectivity index (χ2v) is 4.96. The number of amides is 1. The fraction of sp³-hybridized carbons (Fsp3) is 0.917. The van der Waals surface area contributed by atoms with Crippen LogP contribution in [0.2, 0.25) is 0 Å². The van der Waals surface area contributed by atoms with Gasteiger partial charge in [0.25, 0.3) is 0 Å². The monoisotopic (exact) mass is 228 g/mol. The van der Waals surface area contributed by atoms with Gasteiger partial charge in [0.15, 0.2) is 0 Å². The predicted molar refractivity (Wildman–Crippen MR) is 64.3 cm³/mol. The molecule has 1 saturated carbocycles. The summed E-state index contributed by atoms with van der Waals surface area (Å²) in [5, 5.41) is 3.38. The quantitative estimate of drug-likeness (QED) is 0.627. The lowest BCUT2D eigenvalue weighted by atomic mass is 10.0. The van der Waals surface area contributed by atoms with Crippen LogP contribution in [0.3, 0.4) is 0 Å². The molecule has 0 aromatic heterocycles. The Morgan fingerprint density at radius 3 is 2.62 bits per heavy atom. The smallest absolute Gasteiger partial charge is 0.223 e. The summed E-state index contributed by atoms with van der Waals surface area (Å²) in [7, 11) is 5.34. The molecule has 1 fully saturated rings. The second kappa shape index (κ2) is 6.21. The molecule has 1 amide bonds. The van der Waals surface area contributed by atoms with E-state index in [2.05, 4.69) is 5.32 Å². The number of hydrogen-bond donors (Lipinski definition) is 1. The minimum Gasteiger partial charge on any atom is -0.385 e. The van der Waals surface area contributed by atoms with E-state index in [1.165, 1.54) is 12.8 Å². The Morgan fingerprint density at radius 1 is 1.44 bits per heavy atom. The van der Waals surface area contributed by atoms with Gasteiger partial charge in [-0.1, -0.05) is 0 Å². The molecule has 1 N–H and O–H groups in total. The summed E-state index contributed by atoms with van der Waals surface area (Å²) >= 11 is 0. The van der Waals surface area contributed by atoms with E-state index in [1.54, 1.807) is 26.1 Å². The van der Waals surface area contributed by atoms with Gasteiger partial charge in [-0.3, -0.25) is 4.79 Å². The Balaban J connectivity index is 2.05. The number of methoxy groups -OCH3 is 1. The van der Waals surface area contributed by atoms with Crippen LogP contribution in [0.25, 0.3) is 0 Å². The van der Waals surface area contributed by atoms with Gasteiger partial charge in [-0.25, -0.2) is 0 Å². The lowest BCUT2D eigenvalue weighted by molar-refractivity contribution is -0.128. The van der Waals surface area contributed by atoms with Crippen molar-refractivity contribution in [3.63, 3.8) is 0 Å². The van der Waals surface area contributed by atoms with Gasteiger partial charge in [-0.2, -0.15) is 0 Å². The Morgan fingerprint density at radius 2 is 2.12 bits per heavy atom. The normalized spacial score (nSPS) is 17.2. The molecule has 1 rings (SSSR count). The van der Waals surface area contributed by atoms with Gasteiger partial charge < -0.3 is 15.0 Å². The summed E-state index contributed by atoms with van der Waals surface area (Å²) in [6, 6.07) is 0. The Labute approximate surface area is 98.3 Å². The topological polar surface area (TPSA) is 41.6 Å². The van der Waals surface area contributed by atoms with Crippen LogP contribution < -0.4 is 5.32 Å². The second-order valence-electron chi connectivity index (χ2n) is 4.96. The van der Waals surface area contributed by atoms with Crippen LogP contribution in [-0.2, 0) is 9.53 Å². The molecule has 0 aromatic carbocycles. The summed E-state index contributed by atoms with van der Waals surface area (Å²) in [4.78, 5) is 13.0. The molecule has 0 saturated heterocycles. The molecule has 1 aliphatic rings. The van der Waals surface area contributed by atoms with Gasteiger partial charge in [-0.15, -0.1) is 0 Å². The van der Waals surface area contributed by atoms with E-state index in [1.807, 2.05) is 0 Å². The molecule has 0 aliphatic heterocycles. The fourth-order valence-electron chi connectivity index (χ4n) is 1.78. The molecule has 1 aliphatic carbocycles. The molecule has 4 heteroatoms. The third-order valence-electron chi connectivity index (χ3n) is 3.31. The van der Waals surface area contributed by atoms with Crippen LogP contribution in [-0.4, -0.2) is 51.7 Å². The van der Waals surface area contributed by atoms with Crippen LogP contribution in [0.4, 0.5) is 0 Å². The van der Waals surface area contributed by atoms with Crippen molar-refractivity contribution in [3.05, 3.63) is 0 Å². The lowest BCUT2D eigenvalue weighted by Crippen LogP contribution is -2.30. The van der Waals surface area contributed by atoms with E-state index >= 15 is 0 Å². The van der Waals surface area contributed by atoms with Crippen molar-refractivity contribution in [3.8, 4) is 0 Å². The molecule has 0 unspecified atom stereocenters. The highest BCUT2D eigenvalue weighted by molar-refractivity contribution is 5.75. The molecule has 16 heavy (non-hydrogen) atoms. The number of nitrogens with one attached hydrogen (secondary N) is 1. The number of carbonyl (C=O) groups excluding carboxylic acids is 1. The summed E-state index contributed by atoms with van der Waals surface area (Å²) in [5.74, 6) is 0.189. The predicted octanol–water partition coefficient (Wildman–Crippen LogP) is 0.871. The van der Waals surface area contributed by atoms with Gasteiger partial charge in [-0.05, 0) is 24.7 Å². The third-order valence-corrected chi connectivity index (χ3v) is 3.31. The average Bonchev–Trinajstić information content (AvgIpc) is 3.02. The van der Waals surface area contributed by atoms with E-state index in [9.17, 15) is 4.79 Å². The molecule has 0 aromatic rings. The zero-order chi connectivity index (χ0) is 12.0. The average molecular weight is 228 g/mol. The lowest BCUT2D eigenvalue weighted by Gasteiger charge is -2.16. The van der Waals surface area contributed by atoms with Crippen molar-refractivity contribution in [2.75, 3.05) is 40.9 Å². The first-order valence-electron chi connectivity index (χ1n) is 5.99. The van der Waals surface area contributed by atoms with Crippen molar-refractivity contribution in [2.45, 2.75) is 25.7 Å². The summed E-state index contributed by atoms with van der Waals surface area (Å²) in [6.45, 7) is 2.65. The fourth-order valence-corrected chi connectivity index (χ4v) is 1.78. The molecule has 0 spiro atoms. The van der Waals surface area contributed by atoms with E-state index in [0.29, 0.717) is 11.8 Å². The first-order valence-corrected chi connectivity index (χ1v) is 5.99. The van der Waals surface area contributed by atoms with Crippen molar-refractivity contribution < 1.29 is 9.53 Å². The standard InChI is InChI=1S/C12H24N2O2/c1-14(2)11(15)4-8-13-10-12(5-6-12)7-9-16-3/h13H,4-10H2,1-3H3. The minimum absolute atomic E-state index is 0.189. The van der Waals surface area contributed by atoms with E-state index < -0.39 is 0 Å². The van der Waals surface area contributed by atoms with Crippen LogP contribution in [0.5, 0.6) is 0 Å². The van der Waals surface area contributed by atoms with Gasteiger partial charge in [0.1, 0.15) is 0 Å². The Kier molecular flexibility index (Phi) is 5.22. The zero-order valence-electron chi connectivity index (χ0n) is 10.7. The van der Waals surface area contributed by atoms with Crippen molar-refractivity contribution in [1.29, 1.82) is 0 Å². The molecule has 94 valence electrons. The Bertz CT molecular complexity index is 225. The number of carbonyl (C=O) groups is 1. The SMILES string of the molecule is COCCC1(CNCCC(=O)N(C)C)CC1. The maximum absolute atomic E-state index is 11.3. The molecule has 0 heterocycles. The molecule has 4 nitrogen and oxygen atoms in total. The van der Waals surface area contributed by atoms with E-state index in [0.717, 1.165) is 26.1 Å². The van der Waals surface area contributed by atoms with Crippen LogP contribution >= 0.6 is 0 Å². The van der Waals surface area contributed by atoms with Gasteiger partial charge >= 0.3 is 0 Å². The van der Waals surface area contributed by atoms with Gasteiger partial charge in [0.05, 0.1) is 0 Å². The van der Waals surface area contributed by atoms with Crippen LogP contribution in [0, 0.1) is 5.41 Å². The van der Waals surface area contributed by atoms with Crippen LogP contribution in [0.1, 0.15) is 25.7 Å². The molecule has 0 radical (unpaired) electrons. The highest BCUT2D eigenvalue weighted by atomic mass is 16.5. The summed E-state index contributed by atoms with van der Waals surface area (Å²) in [6.07, 6.45) is 4.32. The van der Waals surface area contributed by atoms with Crippen molar-refractivity contribution >= 4 is 5.91 Å². The minimum atomic E-state index is 0.189. The highest BCUT2D eigenvalue weighted by Gasteiger charge is 2.41. The molecule has 0 bridgehead atoms. The first kappa shape index (κ1) is 13.5. The molecular weight excluding hydrogens is 204 g/mol. The van der Waals surface area contributed by atoms with Gasteiger partial charge in [0, 0.05) is 47.3 Å². The number of hydrogen-bond acceptors (Lipinski definition) is 3. The van der Waals surface area contributed by atoms with Crippen molar-refractivity contribution in [1.82, 2.24) is 10.2 Å². The van der Waals surface area contributed by atoms with Crippen molar-refractivity contribution in [2.24, 2.45) is 5.41 Å². The number of ether oxygens (including phenoxy) is 1. The summed E-state index contributed by atoms with van der Waals surface area (Å²) in [5.41, 5.74) is 0.469. The van der Waals surface area contributed by atoms with Gasteiger partial charge in [0.2, 0.25) is 5.91 Å². The zero-order valence-corrected chi connectivity index (χ0v) is 10.7. The van der Waals surface area contributed by atoms with Crippen LogP contribution in [0.15, 0.2) is 0 Å². The van der Waals surface area contributed by atoms with E-state index in [4.69, 9.17) is 4.74 Å². The molecule has 0 atom stereocenters. The number of rotatable bonds is 8. The summed E-state index contributed by atoms with van der Waals surface area (Å²) < 4.78 is 5.11. The first-order chi connectivity index (χ1) is 7.59. The largest absolute Gasteiger partial charge is 0.385 e. The maximum atomic E-state index is 11.3. The maximum Gasteiger partial charge on any atom is 0.223 e.